The van der Waals surface area contributed by atoms with E-state index in [0.717, 1.165) is 13.1 Å². The third kappa shape index (κ3) is 2.92. The summed E-state index contributed by atoms with van der Waals surface area (Å²) < 4.78 is 0. The molecule has 2 unspecified atom stereocenters. The van der Waals surface area contributed by atoms with Crippen molar-refractivity contribution < 1.29 is 4.79 Å². The highest BCUT2D eigenvalue weighted by Crippen LogP contribution is 2.16. The van der Waals surface area contributed by atoms with Gasteiger partial charge in [0.15, 0.2) is 0 Å². The fourth-order valence-corrected chi connectivity index (χ4v) is 1.91. The van der Waals surface area contributed by atoms with Crippen molar-refractivity contribution in [3.8, 4) is 0 Å². The lowest BCUT2D eigenvalue weighted by atomic mass is 10.1. The number of rotatable bonds is 4. The molecule has 1 N–H and O–H groups in total. The van der Waals surface area contributed by atoms with E-state index in [2.05, 4.69) is 24.1 Å². The number of hydrogen-bond donors (Lipinski definition) is 1. The Labute approximate surface area is 92.6 Å². The van der Waals surface area contributed by atoms with Gasteiger partial charge in [-0.15, -0.1) is 0 Å². The summed E-state index contributed by atoms with van der Waals surface area (Å²) in [5.41, 5.74) is 0. The van der Waals surface area contributed by atoms with Gasteiger partial charge in [0, 0.05) is 13.1 Å². The average molecular weight is 213 g/mol. The van der Waals surface area contributed by atoms with Crippen molar-refractivity contribution in [2.45, 2.75) is 33.0 Å². The largest absolute Gasteiger partial charge is 0.324 e. The van der Waals surface area contributed by atoms with E-state index in [-0.39, 0.29) is 18.1 Å². The van der Waals surface area contributed by atoms with Crippen molar-refractivity contribution >= 4 is 5.91 Å². The Morgan fingerprint density at radius 3 is 2.53 bits per heavy atom. The van der Waals surface area contributed by atoms with Crippen LogP contribution in [0, 0.1) is 5.92 Å². The summed E-state index contributed by atoms with van der Waals surface area (Å²) in [5.74, 6) is 0.691. The van der Waals surface area contributed by atoms with E-state index in [4.69, 9.17) is 0 Å². The first kappa shape index (κ1) is 12.5. The number of carbonyl (C=O) groups is 1. The molecule has 1 aliphatic rings. The fourth-order valence-electron chi connectivity index (χ4n) is 1.91. The first-order valence-corrected chi connectivity index (χ1v) is 5.64. The van der Waals surface area contributed by atoms with Crippen LogP contribution < -0.4 is 5.32 Å². The summed E-state index contributed by atoms with van der Waals surface area (Å²) in [7, 11) is 4.06. The number of likely N-dealkylation sites (N-methyl/N-ethyl adjacent to an activating group) is 1. The molecule has 15 heavy (non-hydrogen) atoms. The molecule has 1 saturated heterocycles. The van der Waals surface area contributed by atoms with Gasteiger partial charge in [0.05, 0.1) is 12.2 Å². The third-order valence-corrected chi connectivity index (χ3v) is 2.83. The molecule has 0 aromatic carbocycles. The first-order valence-electron chi connectivity index (χ1n) is 5.64. The maximum atomic E-state index is 11.9. The van der Waals surface area contributed by atoms with Crippen LogP contribution in [0.3, 0.4) is 0 Å². The molecular formula is C11H23N3O. The second kappa shape index (κ2) is 4.94. The molecule has 88 valence electrons. The summed E-state index contributed by atoms with van der Waals surface area (Å²) >= 11 is 0. The minimum Gasteiger partial charge on any atom is -0.324 e. The highest BCUT2D eigenvalue weighted by atomic mass is 16.2. The monoisotopic (exact) mass is 213 g/mol. The second-order valence-corrected chi connectivity index (χ2v) is 4.91. The van der Waals surface area contributed by atoms with Gasteiger partial charge in [-0.05, 0) is 26.9 Å². The molecule has 0 aromatic rings. The van der Waals surface area contributed by atoms with Gasteiger partial charge in [-0.25, -0.2) is 0 Å². The molecule has 4 nitrogen and oxygen atoms in total. The van der Waals surface area contributed by atoms with E-state index in [1.807, 2.05) is 25.9 Å². The van der Waals surface area contributed by atoms with E-state index < -0.39 is 0 Å². The van der Waals surface area contributed by atoms with Crippen molar-refractivity contribution in [1.82, 2.24) is 15.1 Å². The van der Waals surface area contributed by atoms with Crippen molar-refractivity contribution in [3.63, 3.8) is 0 Å². The van der Waals surface area contributed by atoms with Crippen molar-refractivity contribution in [3.05, 3.63) is 0 Å². The van der Waals surface area contributed by atoms with Crippen LogP contribution in [0.4, 0.5) is 0 Å². The van der Waals surface area contributed by atoms with Gasteiger partial charge in [0.1, 0.15) is 0 Å². The van der Waals surface area contributed by atoms with Gasteiger partial charge in [-0.3, -0.25) is 10.1 Å². The van der Waals surface area contributed by atoms with E-state index in [0.29, 0.717) is 5.92 Å². The van der Waals surface area contributed by atoms with Crippen LogP contribution >= 0.6 is 0 Å². The zero-order valence-electron chi connectivity index (χ0n) is 10.4. The molecule has 0 aliphatic carbocycles. The Balaban J connectivity index is 2.60. The molecule has 2 atom stereocenters. The summed E-state index contributed by atoms with van der Waals surface area (Å²) in [6.07, 6.45) is 0.201. The Bertz CT molecular complexity index is 228. The highest BCUT2D eigenvalue weighted by Gasteiger charge is 2.37. The molecule has 0 spiro atoms. The lowest BCUT2D eigenvalue weighted by Gasteiger charge is -2.28. The number of hydrogen-bond acceptors (Lipinski definition) is 3. The van der Waals surface area contributed by atoms with Crippen LogP contribution in [-0.4, -0.2) is 55.1 Å². The number of nitrogens with zero attached hydrogens (tertiary/aromatic N) is 2. The molecule has 4 heteroatoms. The van der Waals surface area contributed by atoms with E-state index in [9.17, 15) is 4.79 Å². The van der Waals surface area contributed by atoms with Gasteiger partial charge in [0.2, 0.25) is 5.91 Å². The molecule has 0 saturated carbocycles. The minimum absolute atomic E-state index is 0.0282. The second-order valence-electron chi connectivity index (χ2n) is 4.91. The van der Waals surface area contributed by atoms with Crippen LogP contribution in [0.2, 0.25) is 0 Å². The zero-order chi connectivity index (χ0) is 11.6. The Morgan fingerprint density at radius 1 is 1.47 bits per heavy atom. The molecule has 1 heterocycles. The van der Waals surface area contributed by atoms with Crippen LogP contribution in [0.1, 0.15) is 20.8 Å². The Morgan fingerprint density at radius 2 is 2.07 bits per heavy atom. The van der Waals surface area contributed by atoms with Crippen LogP contribution in [0.15, 0.2) is 0 Å². The fraction of sp³-hybridized carbons (Fsp3) is 0.909. The molecule has 0 bridgehead atoms. The first-order chi connectivity index (χ1) is 6.93. The van der Waals surface area contributed by atoms with E-state index >= 15 is 0 Å². The molecule has 0 radical (unpaired) electrons. The topological polar surface area (TPSA) is 35.6 Å². The third-order valence-electron chi connectivity index (χ3n) is 2.83. The van der Waals surface area contributed by atoms with Crippen molar-refractivity contribution in [2.24, 2.45) is 5.92 Å². The SMILES string of the molecule is CC1NC(C(C)C)N(CCN(C)C)C1=O. The molecule has 1 amide bonds. The minimum atomic E-state index is -0.0282. The van der Waals surface area contributed by atoms with Crippen LogP contribution in [0.25, 0.3) is 0 Å². The van der Waals surface area contributed by atoms with Crippen LogP contribution in [0.5, 0.6) is 0 Å². The van der Waals surface area contributed by atoms with Crippen LogP contribution in [-0.2, 0) is 4.79 Å². The van der Waals surface area contributed by atoms with Gasteiger partial charge >= 0.3 is 0 Å². The smallest absolute Gasteiger partial charge is 0.240 e. The highest BCUT2D eigenvalue weighted by molar-refractivity contribution is 5.83. The summed E-state index contributed by atoms with van der Waals surface area (Å²) in [4.78, 5) is 16.0. The summed E-state index contributed by atoms with van der Waals surface area (Å²) in [6.45, 7) is 7.96. The predicted octanol–water partition coefficient (Wildman–Crippen LogP) is 0.350. The average Bonchev–Trinajstić information content (AvgIpc) is 2.41. The van der Waals surface area contributed by atoms with Gasteiger partial charge < -0.3 is 9.80 Å². The Hall–Kier alpha value is -0.610. The molecule has 0 aromatic heterocycles. The van der Waals surface area contributed by atoms with Gasteiger partial charge in [0.25, 0.3) is 0 Å². The predicted molar refractivity (Wildman–Crippen MR) is 61.5 cm³/mol. The normalized spacial score (nSPS) is 27.1. The van der Waals surface area contributed by atoms with E-state index in [1.54, 1.807) is 0 Å². The van der Waals surface area contributed by atoms with Crippen molar-refractivity contribution in [1.29, 1.82) is 0 Å². The molecule has 1 rings (SSSR count). The standard InChI is InChI=1S/C11H23N3O/c1-8(2)10-12-9(3)11(15)14(10)7-6-13(4)5/h8-10,12H,6-7H2,1-5H3. The number of amides is 1. The quantitative estimate of drug-likeness (QED) is 0.732. The number of nitrogens with one attached hydrogen (secondary N) is 1. The van der Waals surface area contributed by atoms with E-state index in [1.165, 1.54) is 0 Å². The number of carbonyl (C=O) groups excluding carboxylic acids is 1. The lowest BCUT2D eigenvalue weighted by molar-refractivity contribution is -0.130. The summed E-state index contributed by atoms with van der Waals surface area (Å²) in [5, 5.41) is 3.33. The molecular weight excluding hydrogens is 190 g/mol. The van der Waals surface area contributed by atoms with Gasteiger partial charge in [-0.2, -0.15) is 0 Å². The zero-order valence-corrected chi connectivity index (χ0v) is 10.4. The molecule has 1 aliphatic heterocycles. The van der Waals surface area contributed by atoms with Gasteiger partial charge in [-0.1, -0.05) is 13.8 Å². The summed E-state index contributed by atoms with van der Waals surface area (Å²) in [6, 6.07) is -0.0282. The Kier molecular flexibility index (Phi) is 4.11. The maximum absolute atomic E-state index is 11.9. The molecule has 1 fully saturated rings. The van der Waals surface area contributed by atoms with Crippen molar-refractivity contribution in [2.75, 3.05) is 27.2 Å². The maximum Gasteiger partial charge on any atom is 0.240 e. The lowest BCUT2D eigenvalue weighted by Crippen LogP contribution is -2.44.